The van der Waals surface area contributed by atoms with Crippen LogP contribution in [-0.2, 0) is 10.3 Å². The molecule has 2 atom stereocenters. The molecule has 186 valence electrons. The summed E-state index contributed by atoms with van der Waals surface area (Å²) < 4.78 is 24.0. The van der Waals surface area contributed by atoms with Crippen LogP contribution in [-0.4, -0.2) is 41.5 Å². The van der Waals surface area contributed by atoms with Crippen LogP contribution in [0, 0.1) is 6.92 Å². The molecule has 2 aliphatic rings. The van der Waals surface area contributed by atoms with E-state index >= 15 is 0 Å². The minimum Gasteiger partial charge on any atom is -0.497 e. The van der Waals surface area contributed by atoms with Crippen molar-refractivity contribution in [3.8, 4) is 17.2 Å². The van der Waals surface area contributed by atoms with Crippen LogP contribution >= 0.6 is 0 Å². The smallest absolute Gasteiger partial charge is 0.177 e. The molecule has 0 N–H and O–H groups in total. The zero-order valence-corrected chi connectivity index (χ0v) is 21.8. The Morgan fingerprint density at radius 1 is 0.944 bits per heavy atom. The van der Waals surface area contributed by atoms with Crippen LogP contribution in [0.1, 0.15) is 23.1 Å². The first-order valence-electron chi connectivity index (χ1n) is 12.2. The summed E-state index contributed by atoms with van der Waals surface area (Å²) in [6.45, 7) is 2.11. The highest BCUT2D eigenvalue weighted by Gasteiger charge is 2.40. The van der Waals surface area contributed by atoms with Gasteiger partial charge in [-0.25, -0.2) is 0 Å². The number of benzene rings is 3. The van der Waals surface area contributed by atoms with Gasteiger partial charge >= 0.3 is 0 Å². The van der Waals surface area contributed by atoms with Gasteiger partial charge in [-0.1, -0.05) is 36.4 Å². The van der Waals surface area contributed by atoms with E-state index in [1.54, 1.807) is 21.3 Å². The minimum atomic E-state index is -0.788. The van der Waals surface area contributed by atoms with Crippen molar-refractivity contribution in [1.29, 1.82) is 0 Å². The Bertz CT molecular complexity index is 1380. The fourth-order valence-electron chi connectivity index (χ4n) is 5.09. The average molecular weight is 484 g/mol. The van der Waals surface area contributed by atoms with Crippen LogP contribution in [0.25, 0.3) is 16.8 Å². The third kappa shape index (κ3) is 3.94. The van der Waals surface area contributed by atoms with E-state index in [9.17, 15) is 0 Å². The van der Waals surface area contributed by atoms with Gasteiger partial charge in [0.05, 0.1) is 20.3 Å². The third-order valence-electron chi connectivity index (χ3n) is 7.20. The molecule has 3 aromatic rings. The molecule has 3 aromatic carbocycles. The molecule has 0 saturated carbocycles. The molecule has 0 aromatic heterocycles. The van der Waals surface area contributed by atoms with Gasteiger partial charge < -0.3 is 23.8 Å². The summed E-state index contributed by atoms with van der Waals surface area (Å²) in [5.74, 6) is 2.31. The van der Waals surface area contributed by atoms with Gasteiger partial charge in [-0.3, -0.25) is 0 Å². The first-order chi connectivity index (χ1) is 17.4. The molecule has 0 saturated heterocycles. The van der Waals surface area contributed by atoms with Crippen molar-refractivity contribution in [3.63, 3.8) is 0 Å². The summed E-state index contributed by atoms with van der Waals surface area (Å²) in [5, 5.41) is 1.95. The molecule has 1 heterocycles. The number of anilines is 1. The zero-order chi connectivity index (χ0) is 25.4. The molecule has 2 unspecified atom stereocenters. The van der Waals surface area contributed by atoms with Crippen molar-refractivity contribution in [2.24, 2.45) is 0 Å². The van der Waals surface area contributed by atoms with Crippen LogP contribution < -0.4 is 19.1 Å². The summed E-state index contributed by atoms with van der Waals surface area (Å²) in [5.41, 5.74) is 4.68. The van der Waals surface area contributed by atoms with Crippen LogP contribution in [0.15, 0.2) is 72.3 Å². The molecular weight excluding hydrogens is 450 g/mol. The lowest BCUT2D eigenvalue weighted by Crippen LogP contribution is -2.36. The van der Waals surface area contributed by atoms with Crippen molar-refractivity contribution in [3.05, 3.63) is 89.0 Å². The fraction of sp³-hybridized carbons (Fsp3) is 0.290. The Hall–Kier alpha value is -3.70. The number of hydrogen-bond donors (Lipinski definition) is 0. The number of aryl methyl sites for hydroxylation is 1. The van der Waals surface area contributed by atoms with E-state index in [2.05, 4.69) is 72.5 Å². The Balaban J connectivity index is 1.74. The predicted molar refractivity (Wildman–Crippen MR) is 147 cm³/mol. The van der Waals surface area contributed by atoms with E-state index in [4.69, 9.17) is 18.9 Å². The third-order valence-corrected chi connectivity index (χ3v) is 7.20. The van der Waals surface area contributed by atoms with Gasteiger partial charge in [0.25, 0.3) is 0 Å². The summed E-state index contributed by atoms with van der Waals surface area (Å²) in [6, 6.07) is 14.7. The summed E-state index contributed by atoms with van der Waals surface area (Å²) in [7, 11) is 9.19. The van der Waals surface area contributed by atoms with Gasteiger partial charge in [-0.15, -0.1) is 0 Å². The lowest BCUT2D eigenvalue weighted by molar-refractivity contribution is 0.136. The molecule has 0 radical (unpaired) electrons. The highest BCUT2D eigenvalue weighted by Crippen LogP contribution is 2.49. The number of hydrogen-bond acceptors (Lipinski definition) is 5. The molecule has 5 heteroatoms. The van der Waals surface area contributed by atoms with Crippen LogP contribution in [0.5, 0.6) is 17.2 Å². The van der Waals surface area contributed by atoms with Crippen molar-refractivity contribution in [2.75, 3.05) is 40.3 Å². The van der Waals surface area contributed by atoms with Gasteiger partial charge in [0.2, 0.25) is 0 Å². The molecule has 0 fully saturated rings. The van der Waals surface area contributed by atoms with Crippen LogP contribution in [0.2, 0.25) is 0 Å². The van der Waals surface area contributed by atoms with E-state index < -0.39 is 5.60 Å². The summed E-state index contributed by atoms with van der Waals surface area (Å²) >= 11 is 0. The maximum absolute atomic E-state index is 7.14. The van der Waals surface area contributed by atoms with E-state index in [0.717, 1.165) is 62.4 Å². The predicted octanol–water partition coefficient (Wildman–Crippen LogP) is 6.43. The van der Waals surface area contributed by atoms with Crippen molar-refractivity contribution < 1.29 is 18.9 Å². The van der Waals surface area contributed by atoms with E-state index in [1.165, 1.54) is 0 Å². The van der Waals surface area contributed by atoms with Crippen LogP contribution in [0.4, 0.5) is 5.69 Å². The maximum atomic E-state index is 7.14. The van der Waals surface area contributed by atoms with Crippen molar-refractivity contribution >= 4 is 22.5 Å². The lowest BCUT2D eigenvalue weighted by atomic mass is 9.80. The second-order valence-electron chi connectivity index (χ2n) is 9.50. The van der Waals surface area contributed by atoms with Crippen molar-refractivity contribution in [1.82, 2.24) is 0 Å². The monoisotopic (exact) mass is 483 g/mol. The number of ether oxygens (including phenoxy) is 4. The Labute approximate surface area is 213 Å². The fourth-order valence-corrected chi connectivity index (χ4v) is 5.09. The first kappa shape index (κ1) is 24.0. The zero-order valence-electron chi connectivity index (χ0n) is 21.8. The Kier molecular flexibility index (Phi) is 6.27. The van der Waals surface area contributed by atoms with Gasteiger partial charge in [0, 0.05) is 54.9 Å². The lowest BCUT2D eigenvalue weighted by Gasteiger charge is -2.39. The quantitative estimate of drug-likeness (QED) is 0.404. The highest BCUT2D eigenvalue weighted by atomic mass is 16.5. The SMILES string of the molecule is COc1cc(OC)c2cc(C)c3c(c2c1)OC(C1=CCC(OC)C=C1)(c1ccc(N(C)C)cc1)C=C3. The minimum absolute atomic E-state index is 0.0679. The molecule has 36 heavy (non-hydrogen) atoms. The normalized spacial score (nSPS) is 20.5. The maximum Gasteiger partial charge on any atom is 0.177 e. The summed E-state index contributed by atoms with van der Waals surface area (Å²) in [4.78, 5) is 2.10. The molecule has 5 nitrogen and oxygen atoms in total. The number of methoxy groups -OCH3 is 3. The first-order valence-corrected chi connectivity index (χ1v) is 12.2. The topological polar surface area (TPSA) is 40.2 Å². The van der Waals surface area contributed by atoms with E-state index in [0.29, 0.717) is 0 Å². The van der Waals surface area contributed by atoms with Gasteiger partial charge in [0.15, 0.2) is 5.60 Å². The van der Waals surface area contributed by atoms with E-state index in [1.807, 2.05) is 26.2 Å². The standard InChI is InChI=1S/C31H33NO4/c1-20-17-27-28(18-25(34-5)19-29(27)35-6)30-26(20)15-16-31(36-30,22-9-13-24(33-4)14-10-22)21-7-11-23(12-8-21)32(2)3/h7-13,15-19,24H,14H2,1-6H3. The Morgan fingerprint density at radius 3 is 2.33 bits per heavy atom. The molecule has 0 amide bonds. The van der Waals surface area contributed by atoms with E-state index in [-0.39, 0.29) is 6.10 Å². The second-order valence-corrected chi connectivity index (χ2v) is 9.50. The average Bonchev–Trinajstić information content (AvgIpc) is 2.92. The largest absolute Gasteiger partial charge is 0.497 e. The number of nitrogens with zero attached hydrogens (tertiary/aromatic N) is 1. The second kappa shape index (κ2) is 9.40. The Morgan fingerprint density at radius 2 is 1.72 bits per heavy atom. The van der Waals surface area contributed by atoms with Crippen molar-refractivity contribution in [2.45, 2.75) is 25.0 Å². The molecule has 1 aliphatic heterocycles. The van der Waals surface area contributed by atoms with Gasteiger partial charge in [-0.2, -0.15) is 0 Å². The number of rotatable bonds is 6. The molecule has 5 rings (SSSR count). The van der Waals surface area contributed by atoms with Crippen LogP contribution in [0.3, 0.4) is 0 Å². The molecule has 0 bridgehead atoms. The molecule has 0 spiro atoms. The molecule has 1 aliphatic carbocycles. The van der Waals surface area contributed by atoms with Gasteiger partial charge in [0.1, 0.15) is 17.2 Å². The molecular formula is C31H33NO4. The number of fused-ring (bicyclic) bond motifs is 3. The highest BCUT2D eigenvalue weighted by molar-refractivity contribution is 5.98. The van der Waals surface area contributed by atoms with Gasteiger partial charge in [-0.05, 0) is 54.8 Å². The summed E-state index contributed by atoms with van der Waals surface area (Å²) in [6.07, 6.45) is 11.7.